The fraction of sp³-hybridized carbons (Fsp3) is 0.0976. The Labute approximate surface area is 303 Å². The minimum atomic E-state index is -0.612. The van der Waals surface area contributed by atoms with Crippen molar-refractivity contribution < 1.29 is 57.1 Å². The summed E-state index contributed by atoms with van der Waals surface area (Å²) < 4.78 is 36.5. The van der Waals surface area contributed by atoms with Crippen LogP contribution in [0, 0.1) is 0 Å². The molecule has 0 radical (unpaired) electrons. The lowest BCUT2D eigenvalue weighted by molar-refractivity contribution is -0.145. The highest BCUT2D eigenvalue weighted by Gasteiger charge is 2.13. The van der Waals surface area contributed by atoms with E-state index in [4.69, 9.17) is 33.2 Å². The summed E-state index contributed by atoms with van der Waals surface area (Å²) in [5, 5.41) is 1.50. The second-order valence-electron chi connectivity index (χ2n) is 10.9. The zero-order valence-electron chi connectivity index (χ0n) is 28.2. The van der Waals surface area contributed by atoms with Gasteiger partial charge in [0, 0.05) is 18.6 Å². The number of ether oxygens (including phenoxy) is 7. The van der Waals surface area contributed by atoms with Crippen LogP contribution < -0.4 is 18.9 Å². The van der Waals surface area contributed by atoms with E-state index in [9.17, 15) is 24.0 Å². The summed E-state index contributed by atoms with van der Waals surface area (Å²) in [6.07, 6.45) is 2.49. The molecular formula is C41H32O12. The van der Waals surface area contributed by atoms with Crippen LogP contribution in [-0.2, 0) is 30.2 Å². The first kappa shape index (κ1) is 37.1. The molecule has 5 rings (SSSR count). The number of benzene rings is 5. The molecule has 268 valence electrons. The number of esters is 5. The molecule has 0 saturated carbocycles. The summed E-state index contributed by atoms with van der Waals surface area (Å²) in [4.78, 5) is 60.2. The first-order chi connectivity index (χ1) is 25.7. The van der Waals surface area contributed by atoms with Gasteiger partial charge in [0.15, 0.2) is 0 Å². The number of hydrogen-bond acceptors (Lipinski definition) is 12. The van der Waals surface area contributed by atoms with Gasteiger partial charge in [0.2, 0.25) is 13.6 Å². The number of rotatable bonds is 16. The molecule has 0 aliphatic rings. The molecule has 0 spiro atoms. The van der Waals surface area contributed by atoms with Crippen LogP contribution in [-0.4, -0.2) is 50.0 Å². The lowest BCUT2D eigenvalue weighted by Gasteiger charge is -2.09. The molecule has 0 aliphatic heterocycles. The van der Waals surface area contributed by atoms with Crippen LogP contribution in [0.5, 0.6) is 23.0 Å². The van der Waals surface area contributed by atoms with Crippen molar-refractivity contribution in [2.75, 3.05) is 20.2 Å². The second-order valence-corrected chi connectivity index (χ2v) is 10.9. The average molecular weight is 717 g/mol. The molecule has 0 bridgehead atoms. The first-order valence-electron chi connectivity index (χ1n) is 16.0. The lowest BCUT2D eigenvalue weighted by atomic mass is 10.1. The third-order valence-corrected chi connectivity index (χ3v) is 7.38. The molecule has 0 aliphatic carbocycles. The van der Waals surface area contributed by atoms with Crippen LogP contribution >= 0.6 is 0 Å². The van der Waals surface area contributed by atoms with E-state index in [2.05, 4.69) is 13.2 Å². The SMILES string of the molecule is C=CC(=O)OCOc1ccc(C(=O)Oc2ccc(CCOC(=O)c3ccc4cc(OC(=O)c5ccc(OCOC(=O)C=C)cc5)ccc4c3)cc2)cc1. The summed E-state index contributed by atoms with van der Waals surface area (Å²) in [5.41, 5.74) is 1.82. The van der Waals surface area contributed by atoms with Crippen LogP contribution in [0.2, 0.25) is 0 Å². The molecule has 0 amide bonds. The van der Waals surface area contributed by atoms with E-state index in [0.717, 1.165) is 28.5 Å². The van der Waals surface area contributed by atoms with Gasteiger partial charge in [-0.1, -0.05) is 37.4 Å². The van der Waals surface area contributed by atoms with Crippen LogP contribution in [0.3, 0.4) is 0 Å². The third-order valence-electron chi connectivity index (χ3n) is 7.38. The second kappa shape index (κ2) is 18.2. The average Bonchev–Trinajstić information content (AvgIpc) is 3.18. The summed E-state index contributed by atoms with van der Waals surface area (Å²) in [6, 6.07) is 29.2. The maximum Gasteiger partial charge on any atom is 0.343 e. The number of fused-ring (bicyclic) bond motifs is 1. The molecule has 53 heavy (non-hydrogen) atoms. The Bertz CT molecular complexity index is 2120. The standard InChI is InChI=1S/C41H32O12/c1-3-37(42)50-25-48-33-16-9-28(10-17-33)40(45)52-35-14-5-27(6-15-35)21-22-47-39(44)32-8-7-31-24-36(20-13-30(31)23-32)53-41(46)29-11-18-34(19-12-29)49-26-51-38(43)4-2/h3-20,23-24H,1-2,21-22,25-26H2. The monoisotopic (exact) mass is 716 g/mol. The predicted octanol–water partition coefficient (Wildman–Crippen LogP) is 6.81. The minimum Gasteiger partial charge on any atom is -0.462 e. The Hall–Kier alpha value is -7.21. The first-order valence-corrected chi connectivity index (χ1v) is 16.0. The lowest BCUT2D eigenvalue weighted by Crippen LogP contribution is -2.10. The van der Waals surface area contributed by atoms with Gasteiger partial charge < -0.3 is 33.2 Å². The van der Waals surface area contributed by atoms with Crippen molar-refractivity contribution in [1.82, 2.24) is 0 Å². The minimum absolute atomic E-state index is 0.127. The van der Waals surface area contributed by atoms with Crippen LogP contribution in [0.15, 0.2) is 135 Å². The summed E-state index contributed by atoms with van der Waals surface area (Å²) in [6.45, 7) is 6.15. The Morgan fingerprint density at radius 3 is 1.47 bits per heavy atom. The van der Waals surface area contributed by atoms with Crippen LogP contribution in [0.4, 0.5) is 0 Å². The van der Waals surface area contributed by atoms with Gasteiger partial charge in [0.25, 0.3) is 0 Å². The predicted molar refractivity (Wildman–Crippen MR) is 191 cm³/mol. The van der Waals surface area contributed by atoms with Gasteiger partial charge in [-0.2, -0.15) is 0 Å². The molecule has 12 heteroatoms. The van der Waals surface area contributed by atoms with Gasteiger partial charge in [-0.05, 0) is 101 Å². The van der Waals surface area contributed by atoms with Crippen molar-refractivity contribution >= 4 is 40.6 Å². The van der Waals surface area contributed by atoms with Crippen molar-refractivity contribution in [2.45, 2.75) is 6.42 Å². The summed E-state index contributed by atoms with van der Waals surface area (Å²) in [7, 11) is 0. The Morgan fingerprint density at radius 1 is 0.472 bits per heavy atom. The zero-order valence-corrected chi connectivity index (χ0v) is 28.2. The van der Waals surface area contributed by atoms with Gasteiger partial charge in [0.1, 0.15) is 23.0 Å². The summed E-state index contributed by atoms with van der Waals surface area (Å²) >= 11 is 0. The molecule has 0 fully saturated rings. The fourth-order valence-electron chi connectivity index (χ4n) is 4.62. The van der Waals surface area contributed by atoms with Gasteiger partial charge in [-0.15, -0.1) is 0 Å². The molecule has 0 unspecified atom stereocenters. The third kappa shape index (κ3) is 10.9. The van der Waals surface area contributed by atoms with Crippen molar-refractivity contribution in [3.8, 4) is 23.0 Å². The maximum absolute atomic E-state index is 12.8. The van der Waals surface area contributed by atoms with E-state index < -0.39 is 29.8 Å². The van der Waals surface area contributed by atoms with Gasteiger partial charge >= 0.3 is 29.8 Å². The Balaban J connectivity index is 1.06. The number of carbonyl (C=O) groups is 5. The molecule has 0 N–H and O–H groups in total. The topological polar surface area (TPSA) is 150 Å². The Kier molecular flexibility index (Phi) is 12.7. The van der Waals surface area contributed by atoms with E-state index in [1.165, 1.54) is 24.3 Å². The smallest absolute Gasteiger partial charge is 0.343 e. The van der Waals surface area contributed by atoms with E-state index in [0.29, 0.717) is 40.5 Å². The highest BCUT2D eigenvalue weighted by atomic mass is 16.7. The molecule has 0 aromatic heterocycles. The quantitative estimate of drug-likeness (QED) is 0.0347. The van der Waals surface area contributed by atoms with Crippen molar-refractivity contribution in [3.05, 3.63) is 157 Å². The molecule has 0 heterocycles. The number of hydrogen-bond donors (Lipinski definition) is 0. The molecule has 5 aromatic carbocycles. The molecule has 5 aromatic rings. The highest BCUT2D eigenvalue weighted by molar-refractivity contribution is 5.96. The number of carbonyl (C=O) groups excluding carboxylic acids is 5. The van der Waals surface area contributed by atoms with Crippen molar-refractivity contribution in [2.24, 2.45) is 0 Å². The van der Waals surface area contributed by atoms with Crippen LogP contribution in [0.1, 0.15) is 36.6 Å². The van der Waals surface area contributed by atoms with Gasteiger partial charge in [-0.3, -0.25) is 0 Å². The molecule has 0 atom stereocenters. The molecular weight excluding hydrogens is 684 g/mol. The van der Waals surface area contributed by atoms with E-state index >= 15 is 0 Å². The Morgan fingerprint density at radius 2 is 0.925 bits per heavy atom. The van der Waals surface area contributed by atoms with E-state index in [-0.39, 0.29) is 25.8 Å². The van der Waals surface area contributed by atoms with E-state index in [1.54, 1.807) is 84.9 Å². The highest BCUT2D eigenvalue weighted by Crippen LogP contribution is 2.24. The summed E-state index contributed by atoms with van der Waals surface area (Å²) in [5.74, 6) is -1.40. The fourth-order valence-corrected chi connectivity index (χ4v) is 4.62. The largest absolute Gasteiger partial charge is 0.462 e. The van der Waals surface area contributed by atoms with Crippen molar-refractivity contribution in [1.29, 1.82) is 0 Å². The maximum atomic E-state index is 12.8. The molecule has 0 saturated heterocycles. The van der Waals surface area contributed by atoms with Crippen molar-refractivity contribution in [3.63, 3.8) is 0 Å². The van der Waals surface area contributed by atoms with Crippen LogP contribution in [0.25, 0.3) is 10.8 Å². The van der Waals surface area contributed by atoms with Gasteiger partial charge in [-0.25, -0.2) is 24.0 Å². The molecule has 12 nitrogen and oxygen atoms in total. The normalized spacial score (nSPS) is 10.3. The van der Waals surface area contributed by atoms with E-state index in [1.807, 2.05) is 0 Å². The zero-order chi connectivity index (χ0) is 37.6. The van der Waals surface area contributed by atoms with Gasteiger partial charge in [0.05, 0.1) is 23.3 Å².